The Bertz CT molecular complexity index is 645. The average molecular weight is 299 g/mol. The lowest BCUT2D eigenvalue weighted by atomic mass is 10.2. The first kappa shape index (κ1) is 14.8. The molecule has 0 spiro atoms. The highest BCUT2D eigenvalue weighted by Gasteiger charge is 2.30. The Morgan fingerprint density at radius 3 is 2.55 bits per heavy atom. The molecule has 1 aliphatic heterocycles. The second-order valence-corrected chi connectivity index (χ2v) is 7.07. The van der Waals surface area contributed by atoms with Crippen LogP contribution in [0.1, 0.15) is 26.3 Å². The molecule has 0 radical (unpaired) electrons. The van der Waals surface area contributed by atoms with Gasteiger partial charge < -0.3 is 4.74 Å². The Hall–Kier alpha value is -1.60. The van der Waals surface area contributed by atoms with E-state index < -0.39 is 21.8 Å². The monoisotopic (exact) mass is 299 g/mol. The van der Waals surface area contributed by atoms with Gasteiger partial charge in [0.05, 0.1) is 10.6 Å². The lowest BCUT2D eigenvalue weighted by molar-refractivity contribution is 0.0584. The molecule has 1 N–H and O–H groups in total. The summed E-state index contributed by atoms with van der Waals surface area (Å²) in [5.41, 5.74) is 0.693. The molecule has 0 aromatic heterocycles. The molecule has 0 unspecified atom stereocenters. The predicted octanol–water partition coefficient (Wildman–Crippen LogP) is 2.23. The number of hydrogen-bond donors (Lipinski definition) is 1. The van der Waals surface area contributed by atoms with E-state index in [1.165, 1.54) is 17.0 Å². The van der Waals surface area contributed by atoms with E-state index in [0.29, 0.717) is 18.7 Å². The van der Waals surface area contributed by atoms with Crippen molar-refractivity contribution in [2.45, 2.75) is 37.7 Å². The maximum atomic E-state index is 12.1. The minimum atomic E-state index is -4.29. The number of hydrogen-bond acceptors (Lipinski definition) is 4. The molecule has 1 heterocycles. The van der Waals surface area contributed by atoms with Crippen molar-refractivity contribution >= 4 is 21.9 Å². The van der Waals surface area contributed by atoms with Crippen molar-refractivity contribution in [1.82, 2.24) is 0 Å². The van der Waals surface area contributed by atoms with Crippen LogP contribution in [0, 0.1) is 0 Å². The van der Waals surface area contributed by atoms with Crippen LogP contribution in [0.15, 0.2) is 23.1 Å². The normalized spacial score (nSPS) is 15.1. The van der Waals surface area contributed by atoms with E-state index in [2.05, 4.69) is 0 Å². The van der Waals surface area contributed by atoms with Crippen molar-refractivity contribution in [3.8, 4) is 0 Å². The highest BCUT2D eigenvalue weighted by atomic mass is 32.2. The number of fused-ring (bicyclic) bond motifs is 1. The molecule has 0 bridgehead atoms. The van der Waals surface area contributed by atoms with Gasteiger partial charge in [0.1, 0.15) is 5.60 Å². The number of carbonyl (C=O) groups excluding carboxylic acids is 1. The van der Waals surface area contributed by atoms with E-state index in [0.717, 1.165) is 5.56 Å². The number of ether oxygens (including phenoxy) is 1. The van der Waals surface area contributed by atoms with Crippen molar-refractivity contribution in [3.63, 3.8) is 0 Å². The quantitative estimate of drug-likeness (QED) is 0.804. The van der Waals surface area contributed by atoms with Crippen molar-refractivity contribution in [2.24, 2.45) is 0 Å². The number of anilines is 1. The van der Waals surface area contributed by atoms with Gasteiger partial charge in [-0.15, -0.1) is 0 Å². The Balaban J connectivity index is 2.34. The van der Waals surface area contributed by atoms with Crippen LogP contribution in [0.2, 0.25) is 0 Å². The molecule has 2 rings (SSSR count). The van der Waals surface area contributed by atoms with Crippen LogP contribution in [0.25, 0.3) is 0 Å². The molecule has 1 aromatic rings. The number of nitrogens with zero attached hydrogens (tertiary/aromatic N) is 1. The largest absolute Gasteiger partial charge is 0.443 e. The Kier molecular flexibility index (Phi) is 3.51. The lowest BCUT2D eigenvalue weighted by Crippen LogP contribution is -2.35. The maximum Gasteiger partial charge on any atom is 0.414 e. The molecule has 110 valence electrons. The average Bonchev–Trinajstić information content (AvgIpc) is 2.67. The van der Waals surface area contributed by atoms with Crippen molar-refractivity contribution in [1.29, 1.82) is 0 Å². The van der Waals surface area contributed by atoms with Crippen LogP contribution in [0.4, 0.5) is 10.5 Å². The molecule has 7 heteroatoms. The first-order valence-electron chi connectivity index (χ1n) is 6.19. The first-order chi connectivity index (χ1) is 9.08. The van der Waals surface area contributed by atoms with Crippen molar-refractivity contribution in [2.75, 3.05) is 11.4 Å². The zero-order chi connectivity index (χ0) is 15.1. The van der Waals surface area contributed by atoms with Gasteiger partial charge in [-0.2, -0.15) is 8.42 Å². The summed E-state index contributed by atoms with van der Waals surface area (Å²) in [6.45, 7) is 5.71. The fraction of sp³-hybridized carbons (Fsp3) is 0.462. The highest BCUT2D eigenvalue weighted by molar-refractivity contribution is 7.85. The van der Waals surface area contributed by atoms with Gasteiger partial charge in [-0.1, -0.05) is 6.07 Å². The fourth-order valence-electron chi connectivity index (χ4n) is 2.03. The van der Waals surface area contributed by atoms with Crippen LogP contribution in [0.3, 0.4) is 0 Å². The van der Waals surface area contributed by atoms with Gasteiger partial charge in [0.2, 0.25) is 0 Å². The summed E-state index contributed by atoms with van der Waals surface area (Å²) < 4.78 is 36.7. The molecule has 1 aromatic carbocycles. The molecule has 1 aliphatic rings. The van der Waals surface area contributed by atoms with Crippen LogP contribution in [-0.4, -0.2) is 31.2 Å². The van der Waals surface area contributed by atoms with Gasteiger partial charge in [-0.3, -0.25) is 9.45 Å². The summed E-state index contributed by atoms with van der Waals surface area (Å²) in [6, 6.07) is 4.22. The topological polar surface area (TPSA) is 83.9 Å². The van der Waals surface area contributed by atoms with E-state index in [1.54, 1.807) is 26.8 Å². The molecule has 0 saturated carbocycles. The van der Waals surface area contributed by atoms with Gasteiger partial charge in [0.25, 0.3) is 10.1 Å². The Morgan fingerprint density at radius 2 is 2.00 bits per heavy atom. The number of amides is 1. The molecule has 0 saturated heterocycles. The third kappa shape index (κ3) is 3.10. The SMILES string of the molecule is CC(C)(C)OC(=O)N1CCc2ccc(S(=O)(=O)O)cc21. The highest BCUT2D eigenvalue weighted by Crippen LogP contribution is 2.31. The summed E-state index contributed by atoms with van der Waals surface area (Å²) in [4.78, 5) is 13.2. The van der Waals surface area contributed by atoms with Gasteiger partial charge in [-0.05, 0) is 44.9 Å². The summed E-state index contributed by atoms with van der Waals surface area (Å²) in [5, 5.41) is 0. The zero-order valence-corrected chi connectivity index (χ0v) is 12.4. The minimum Gasteiger partial charge on any atom is -0.443 e. The number of rotatable bonds is 1. The van der Waals surface area contributed by atoms with Crippen molar-refractivity contribution in [3.05, 3.63) is 23.8 Å². The Labute approximate surface area is 118 Å². The second-order valence-electron chi connectivity index (χ2n) is 5.65. The van der Waals surface area contributed by atoms with Crippen LogP contribution < -0.4 is 4.90 Å². The smallest absolute Gasteiger partial charge is 0.414 e. The van der Waals surface area contributed by atoms with Gasteiger partial charge in [0.15, 0.2) is 0 Å². The Morgan fingerprint density at radius 1 is 1.35 bits per heavy atom. The van der Waals surface area contributed by atoms with Crippen LogP contribution in [-0.2, 0) is 21.3 Å². The maximum absolute atomic E-state index is 12.1. The van der Waals surface area contributed by atoms with Crippen LogP contribution in [0.5, 0.6) is 0 Å². The minimum absolute atomic E-state index is 0.230. The van der Waals surface area contributed by atoms with E-state index in [-0.39, 0.29) is 4.90 Å². The van der Waals surface area contributed by atoms with E-state index >= 15 is 0 Å². The zero-order valence-electron chi connectivity index (χ0n) is 11.6. The third-order valence-electron chi connectivity index (χ3n) is 2.86. The van der Waals surface area contributed by atoms with Gasteiger partial charge in [-0.25, -0.2) is 4.79 Å². The molecular formula is C13H17NO5S. The molecular weight excluding hydrogens is 282 g/mol. The third-order valence-corrected chi connectivity index (χ3v) is 3.71. The summed E-state index contributed by atoms with van der Waals surface area (Å²) >= 11 is 0. The molecule has 0 atom stereocenters. The second kappa shape index (κ2) is 4.75. The van der Waals surface area contributed by atoms with E-state index in [4.69, 9.17) is 9.29 Å². The molecule has 20 heavy (non-hydrogen) atoms. The van der Waals surface area contributed by atoms with Gasteiger partial charge >= 0.3 is 6.09 Å². The first-order valence-corrected chi connectivity index (χ1v) is 7.63. The molecule has 6 nitrogen and oxygen atoms in total. The summed E-state index contributed by atoms with van der Waals surface area (Å²) in [6.07, 6.45) is 0.101. The standard InChI is InChI=1S/C13H17NO5S/c1-13(2,3)19-12(15)14-7-6-9-4-5-10(8-11(9)14)20(16,17)18/h4-5,8H,6-7H2,1-3H3,(H,16,17,18). The van der Waals surface area contributed by atoms with E-state index in [9.17, 15) is 13.2 Å². The van der Waals surface area contributed by atoms with Crippen molar-refractivity contribution < 1.29 is 22.5 Å². The number of carbonyl (C=O) groups is 1. The predicted molar refractivity (Wildman–Crippen MR) is 73.5 cm³/mol. The van der Waals surface area contributed by atoms with Gasteiger partial charge in [0, 0.05) is 6.54 Å². The molecule has 0 fully saturated rings. The summed E-state index contributed by atoms with van der Waals surface area (Å²) in [7, 11) is -4.29. The van der Waals surface area contributed by atoms with E-state index in [1.807, 2.05) is 0 Å². The fourth-order valence-corrected chi connectivity index (χ4v) is 2.53. The lowest BCUT2D eigenvalue weighted by Gasteiger charge is -2.24. The molecule has 0 aliphatic carbocycles. The van der Waals surface area contributed by atoms with Crippen LogP contribution >= 0.6 is 0 Å². The summed E-state index contributed by atoms with van der Waals surface area (Å²) in [5.74, 6) is 0. The molecule has 1 amide bonds. The number of benzene rings is 1.